The fourth-order valence-electron chi connectivity index (χ4n) is 1.91. The number of hydrogen-bond donors (Lipinski definition) is 3. The van der Waals surface area contributed by atoms with E-state index in [4.69, 9.17) is 33.7 Å². The van der Waals surface area contributed by atoms with Crippen LogP contribution in [0.1, 0.15) is 31.1 Å². The lowest BCUT2D eigenvalue weighted by Crippen LogP contribution is -2.48. The van der Waals surface area contributed by atoms with Crippen molar-refractivity contribution in [2.24, 2.45) is 11.7 Å². The maximum Gasteiger partial charge on any atom is 0.329 e. The van der Waals surface area contributed by atoms with Gasteiger partial charge in [-0.2, -0.15) is 0 Å². The molecule has 0 bridgehead atoms. The Bertz CT molecular complexity index is 724. The van der Waals surface area contributed by atoms with Crippen LogP contribution in [-0.2, 0) is 14.3 Å². The van der Waals surface area contributed by atoms with Gasteiger partial charge in [0, 0.05) is 5.02 Å². The standard InChI is InChI=1S/C16H19Cl2N3O5/c1-7(2)12(15(24)26-8(3)13(22)21-16(19)25)20-14(23)10-5-4-9(17)6-11(10)18/h4-8,12H,1-3H3,(H,20,23)(H3,19,21,22,25)/t8-,12-/m0/s1. The maximum atomic E-state index is 12.4. The largest absolute Gasteiger partial charge is 0.451 e. The number of halogens is 2. The van der Waals surface area contributed by atoms with E-state index in [2.05, 4.69) is 5.32 Å². The van der Waals surface area contributed by atoms with E-state index in [0.29, 0.717) is 5.02 Å². The Morgan fingerprint density at radius 1 is 1.12 bits per heavy atom. The summed E-state index contributed by atoms with van der Waals surface area (Å²) in [7, 11) is 0. The molecule has 8 nitrogen and oxygen atoms in total. The lowest BCUT2D eigenvalue weighted by Gasteiger charge is -2.23. The summed E-state index contributed by atoms with van der Waals surface area (Å²) in [6.07, 6.45) is -1.27. The number of carbonyl (C=O) groups excluding carboxylic acids is 4. The van der Waals surface area contributed by atoms with Gasteiger partial charge in [-0.3, -0.25) is 14.9 Å². The Morgan fingerprint density at radius 2 is 1.73 bits per heavy atom. The van der Waals surface area contributed by atoms with Crippen LogP contribution in [0.15, 0.2) is 18.2 Å². The minimum atomic E-state index is -1.27. The number of benzene rings is 1. The molecule has 10 heteroatoms. The van der Waals surface area contributed by atoms with Gasteiger partial charge in [-0.25, -0.2) is 9.59 Å². The molecule has 0 heterocycles. The summed E-state index contributed by atoms with van der Waals surface area (Å²) in [6, 6.07) is 2.20. The van der Waals surface area contributed by atoms with E-state index < -0.39 is 36.0 Å². The third-order valence-electron chi connectivity index (χ3n) is 3.29. The first-order valence-electron chi connectivity index (χ1n) is 7.59. The molecule has 0 aliphatic carbocycles. The van der Waals surface area contributed by atoms with Gasteiger partial charge in [0.05, 0.1) is 10.6 Å². The van der Waals surface area contributed by atoms with Gasteiger partial charge >= 0.3 is 12.0 Å². The average Bonchev–Trinajstić information content (AvgIpc) is 2.51. The van der Waals surface area contributed by atoms with Gasteiger partial charge in [0.15, 0.2) is 6.10 Å². The second kappa shape index (κ2) is 9.40. The van der Waals surface area contributed by atoms with E-state index in [-0.39, 0.29) is 16.5 Å². The van der Waals surface area contributed by atoms with Crippen molar-refractivity contribution < 1.29 is 23.9 Å². The molecule has 2 atom stereocenters. The van der Waals surface area contributed by atoms with Crippen LogP contribution < -0.4 is 16.4 Å². The maximum absolute atomic E-state index is 12.4. The molecule has 0 saturated carbocycles. The molecule has 0 aliphatic heterocycles. The number of esters is 1. The molecular formula is C16H19Cl2N3O5. The van der Waals surface area contributed by atoms with Crippen molar-refractivity contribution in [1.82, 2.24) is 10.6 Å². The monoisotopic (exact) mass is 403 g/mol. The van der Waals surface area contributed by atoms with Crippen LogP contribution in [-0.4, -0.2) is 36.0 Å². The van der Waals surface area contributed by atoms with Gasteiger partial charge in [0.2, 0.25) is 0 Å². The summed E-state index contributed by atoms with van der Waals surface area (Å²) in [5.41, 5.74) is 4.97. The van der Waals surface area contributed by atoms with Gasteiger partial charge < -0.3 is 15.8 Å². The minimum Gasteiger partial charge on any atom is -0.451 e. The van der Waals surface area contributed by atoms with Gasteiger partial charge in [-0.1, -0.05) is 37.0 Å². The number of urea groups is 1. The Balaban J connectivity index is 2.84. The number of primary amides is 1. The lowest BCUT2D eigenvalue weighted by atomic mass is 10.0. The zero-order valence-corrected chi connectivity index (χ0v) is 15.9. The average molecular weight is 404 g/mol. The minimum absolute atomic E-state index is 0.125. The number of hydrogen-bond acceptors (Lipinski definition) is 5. The predicted octanol–water partition coefficient (Wildman–Crippen LogP) is 1.87. The normalized spacial score (nSPS) is 12.8. The summed E-state index contributed by atoms with van der Waals surface area (Å²) >= 11 is 11.8. The van der Waals surface area contributed by atoms with Crippen LogP contribution in [0.3, 0.4) is 0 Å². The molecule has 0 fully saturated rings. The van der Waals surface area contributed by atoms with Gasteiger partial charge in [0.25, 0.3) is 11.8 Å². The Morgan fingerprint density at radius 3 is 2.23 bits per heavy atom. The first kappa shape index (κ1) is 21.7. The molecule has 0 saturated heterocycles. The first-order valence-corrected chi connectivity index (χ1v) is 8.35. The second-order valence-electron chi connectivity index (χ2n) is 5.75. The van der Waals surface area contributed by atoms with Crippen molar-refractivity contribution >= 4 is 47.0 Å². The van der Waals surface area contributed by atoms with Gasteiger partial charge in [-0.15, -0.1) is 0 Å². The number of nitrogens with one attached hydrogen (secondary N) is 2. The molecule has 142 valence electrons. The molecule has 1 rings (SSSR count). The fourth-order valence-corrected chi connectivity index (χ4v) is 2.41. The van der Waals surface area contributed by atoms with E-state index in [1.807, 2.05) is 0 Å². The number of nitrogens with two attached hydrogens (primary N) is 1. The Labute approximate surface area is 160 Å². The van der Waals surface area contributed by atoms with Crippen molar-refractivity contribution in [3.63, 3.8) is 0 Å². The molecule has 1 aromatic carbocycles. The van der Waals surface area contributed by atoms with Crippen LogP contribution in [0.4, 0.5) is 4.79 Å². The number of imide groups is 1. The van der Waals surface area contributed by atoms with Crippen LogP contribution in [0.2, 0.25) is 10.0 Å². The molecule has 0 unspecified atom stereocenters. The molecule has 0 radical (unpaired) electrons. The summed E-state index contributed by atoms with van der Waals surface area (Å²) in [6.45, 7) is 4.64. The zero-order chi connectivity index (χ0) is 20.0. The molecule has 4 N–H and O–H groups in total. The zero-order valence-electron chi connectivity index (χ0n) is 14.3. The Kier molecular flexibility index (Phi) is 7.85. The van der Waals surface area contributed by atoms with E-state index in [1.54, 1.807) is 19.2 Å². The molecule has 0 aliphatic rings. The van der Waals surface area contributed by atoms with Crippen molar-refractivity contribution in [2.45, 2.75) is 32.9 Å². The first-order chi connectivity index (χ1) is 12.0. The molecular weight excluding hydrogens is 385 g/mol. The van der Waals surface area contributed by atoms with Crippen molar-refractivity contribution in [1.29, 1.82) is 0 Å². The molecule has 4 amide bonds. The predicted molar refractivity (Wildman–Crippen MR) is 95.8 cm³/mol. The number of carbonyl (C=O) groups is 4. The van der Waals surface area contributed by atoms with Crippen molar-refractivity contribution in [2.75, 3.05) is 0 Å². The van der Waals surface area contributed by atoms with E-state index >= 15 is 0 Å². The van der Waals surface area contributed by atoms with Crippen molar-refractivity contribution in [3.8, 4) is 0 Å². The number of amides is 4. The Hall–Kier alpha value is -2.32. The fraction of sp³-hybridized carbons (Fsp3) is 0.375. The molecule has 0 aromatic heterocycles. The summed E-state index contributed by atoms with van der Waals surface area (Å²) in [5.74, 6) is -2.66. The summed E-state index contributed by atoms with van der Waals surface area (Å²) in [4.78, 5) is 46.9. The van der Waals surface area contributed by atoms with E-state index in [1.165, 1.54) is 25.1 Å². The van der Waals surface area contributed by atoms with Crippen molar-refractivity contribution in [3.05, 3.63) is 33.8 Å². The van der Waals surface area contributed by atoms with Gasteiger partial charge in [0.1, 0.15) is 6.04 Å². The van der Waals surface area contributed by atoms with E-state index in [0.717, 1.165) is 0 Å². The van der Waals surface area contributed by atoms with E-state index in [9.17, 15) is 19.2 Å². The smallest absolute Gasteiger partial charge is 0.329 e. The van der Waals surface area contributed by atoms with Crippen LogP contribution in [0, 0.1) is 5.92 Å². The highest BCUT2D eigenvalue weighted by atomic mass is 35.5. The summed E-state index contributed by atoms with van der Waals surface area (Å²) < 4.78 is 5.00. The van der Waals surface area contributed by atoms with Crippen LogP contribution >= 0.6 is 23.2 Å². The lowest BCUT2D eigenvalue weighted by molar-refractivity contribution is -0.157. The number of rotatable bonds is 6. The van der Waals surface area contributed by atoms with Crippen LogP contribution in [0.25, 0.3) is 0 Å². The highest BCUT2D eigenvalue weighted by Crippen LogP contribution is 2.21. The molecule has 0 spiro atoms. The molecule has 26 heavy (non-hydrogen) atoms. The molecule has 1 aromatic rings. The third kappa shape index (κ3) is 6.20. The number of ether oxygens (including phenoxy) is 1. The topological polar surface area (TPSA) is 128 Å². The summed E-state index contributed by atoms with van der Waals surface area (Å²) in [5, 5.41) is 4.80. The highest BCUT2D eigenvalue weighted by molar-refractivity contribution is 6.36. The third-order valence-corrected chi connectivity index (χ3v) is 3.84. The highest BCUT2D eigenvalue weighted by Gasteiger charge is 2.30. The van der Waals surface area contributed by atoms with Gasteiger partial charge in [-0.05, 0) is 31.0 Å². The van der Waals surface area contributed by atoms with Crippen LogP contribution in [0.5, 0.6) is 0 Å². The second-order valence-corrected chi connectivity index (χ2v) is 6.60. The quantitative estimate of drug-likeness (QED) is 0.624. The SMILES string of the molecule is CC(C)[C@H](NC(=O)c1ccc(Cl)cc1Cl)C(=O)O[C@@H](C)C(=O)NC(N)=O.